The summed E-state index contributed by atoms with van der Waals surface area (Å²) in [4.78, 5) is 31.2. The van der Waals surface area contributed by atoms with Crippen LogP contribution in [0.4, 0.5) is 17.1 Å². The lowest BCUT2D eigenvalue weighted by Gasteiger charge is -2.41. The van der Waals surface area contributed by atoms with Crippen LogP contribution in [-0.2, 0) is 9.59 Å². The van der Waals surface area contributed by atoms with Crippen molar-refractivity contribution in [1.82, 2.24) is 0 Å². The van der Waals surface area contributed by atoms with E-state index in [1.165, 1.54) is 12.8 Å². The number of nitrogens with zero attached hydrogens (tertiary/aromatic N) is 2. The van der Waals surface area contributed by atoms with Gasteiger partial charge in [0, 0.05) is 25.2 Å². The molecular formula is C29H31N3O3. The summed E-state index contributed by atoms with van der Waals surface area (Å²) >= 11 is 0. The quantitative estimate of drug-likeness (QED) is 0.524. The largest absolute Gasteiger partial charge is 0.497 e. The summed E-state index contributed by atoms with van der Waals surface area (Å²) < 4.78 is 5.30. The van der Waals surface area contributed by atoms with Gasteiger partial charge in [-0.1, -0.05) is 42.5 Å². The van der Waals surface area contributed by atoms with Gasteiger partial charge in [0.2, 0.25) is 11.8 Å². The Balaban J connectivity index is 1.48. The normalized spacial score (nSPS) is 20.1. The van der Waals surface area contributed by atoms with E-state index in [-0.39, 0.29) is 17.7 Å². The molecule has 2 fully saturated rings. The summed E-state index contributed by atoms with van der Waals surface area (Å²) in [5, 5.41) is 3.22. The van der Waals surface area contributed by atoms with Crippen LogP contribution in [0.1, 0.15) is 37.3 Å². The van der Waals surface area contributed by atoms with Gasteiger partial charge in [-0.05, 0) is 61.2 Å². The maximum atomic E-state index is 13.8. The molecule has 5 rings (SSSR count). The lowest BCUT2D eigenvalue weighted by Crippen LogP contribution is -2.47. The minimum absolute atomic E-state index is 0.0190. The molecule has 0 saturated carbocycles. The molecule has 6 heteroatoms. The highest BCUT2D eigenvalue weighted by Gasteiger charge is 2.41. The number of anilines is 3. The molecule has 2 heterocycles. The summed E-state index contributed by atoms with van der Waals surface area (Å²) in [6.07, 6.45) is 3.16. The molecule has 2 atom stereocenters. The van der Waals surface area contributed by atoms with Gasteiger partial charge in [-0.25, -0.2) is 0 Å². The first-order chi connectivity index (χ1) is 17.2. The molecule has 0 radical (unpaired) electrons. The predicted molar refractivity (Wildman–Crippen MR) is 139 cm³/mol. The van der Waals surface area contributed by atoms with Crippen LogP contribution in [0.15, 0.2) is 78.9 Å². The molecular weight excluding hydrogens is 438 g/mol. The number of methoxy groups -OCH3 is 1. The molecule has 0 unspecified atom stereocenters. The average Bonchev–Trinajstić information content (AvgIpc) is 3.44. The van der Waals surface area contributed by atoms with E-state index in [2.05, 4.69) is 16.3 Å². The maximum absolute atomic E-state index is 13.8. The Morgan fingerprint density at radius 3 is 2.31 bits per heavy atom. The number of nitrogens with one attached hydrogen (secondary N) is 1. The van der Waals surface area contributed by atoms with Gasteiger partial charge in [0.1, 0.15) is 5.75 Å². The lowest BCUT2D eigenvalue weighted by atomic mass is 9.83. The smallest absolute Gasteiger partial charge is 0.230 e. The summed E-state index contributed by atoms with van der Waals surface area (Å²) in [6, 6.07) is 24.9. The third-order valence-corrected chi connectivity index (χ3v) is 7.03. The zero-order chi connectivity index (χ0) is 24.2. The highest BCUT2D eigenvalue weighted by atomic mass is 16.5. The Morgan fingerprint density at radius 2 is 1.60 bits per heavy atom. The third kappa shape index (κ3) is 4.74. The first-order valence-electron chi connectivity index (χ1n) is 12.3. The van der Waals surface area contributed by atoms with Gasteiger partial charge in [-0.3, -0.25) is 9.59 Å². The van der Waals surface area contributed by atoms with Gasteiger partial charge in [-0.15, -0.1) is 0 Å². The minimum atomic E-state index is -0.398. The van der Waals surface area contributed by atoms with Crippen LogP contribution in [-0.4, -0.2) is 32.0 Å². The van der Waals surface area contributed by atoms with Crippen molar-refractivity contribution in [3.8, 4) is 5.75 Å². The number of rotatable bonds is 6. The van der Waals surface area contributed by atoms with Crippen molar-refractivity contribution in [2.75, 3.05) is 35.3 Å². The van der Waals surface area contributed by atoms with Crippen LogP contribution >= 0.6 is 0 Å². The van der Waals surface area contributed by atoms with Crippen LogP contribution in [0.3, 0.4) is 0 Å². The Labute approximate surface area is 206 Å². The van der Waals surface area contributed by atoms with Crippen molar-refractivity contribution in [2.24, 2.45) is 5.92 Å². The number of para-hydroxylation sites is 2. The fourth-order valence-corrected chi connectivity index (χ4v) is 5.28. The molecule has 3 aromatic rings. The monoisotopic (exact) mass is 469 g/mol. The summed E-state index contributed by atoms with van der Waals surface area (Å²) in [7, 11) is 1.62. The highest BCUT2D eigenvalue weighted by molar-refractivity contribution is 6.01. The van der Waals surface area contributed by atoms with Crippen molar-refractivity contribution in [3.05, 3.63) is 84.4 Å². The zero-order valence-electron chi connectivity index (χ0n) is 20.0. The molecule has 2 aliphatic rings. The van der Waals surface area contributed by atoms with Crippen LogP contribution in [0.2, 0.25) is 0 Å². The van der Waals surface area contributed by atoms with Gasteiger partial charge in [0.25, 0.3) is 0 Å². The third-order valence-electron chi connectivity index (χ3n) is 7.03. The fourth-order valence-electron chi connectivity index (χ4n) is 5.28. The lowest BCUT2D eigenvalue weighted by molar-refractivity contribution is -0.125. The Bertz CT molecular complexity index is 1170. The van der Waals surface area contributed by atoms with Crippen molar-refractivity contribution in [3.63, 3.8) is 0 Å². The summed E-state index contributed by atoms with van der Waals surface area (Å²) in [5.74, 6) is 0.299. The molecule has 0 spiro atoms. The number of benzene rings is 3. The number of amides is 2. The highest BCUT2D eigenvalue weighted by Crippen LogP contribution is 2.41. The molecule has 0 bridgehead atoms. The number of ether oxygens (including phenoxy) is 1. The molecule has 35 heavy (non-hydrogen) atoms. The van der Waals surface area contributed by atoms with E-state index < -0.39 is 6.04 Å². The summed E-state index contributed by atoms with van der Waals surface area (Å²) in [6.45, 7) is 2.01. The van der Waals surface area contributed by atoms with Gasteiger partial charge in [0.15, 0.2) is 0 Å². The molecule has 1 N–H and O–H groups in total. The SMILES string of the molecule is COc1ccc(N2C(=O)CC[C@H](C(=O)Nc3ccccc3N3CCCC3)[C@@H]2c2ccccc2)cc1. The van der Waals surface area contributed by atoms with E-state index in [4.69, 9.17) is 4.74 Å². The van der Waals surface area contributed by atoms with Crippen LogP contribution in [0.5, 0.6) is 5.75 Å². The van der Waals surface area contributed by atoms with Gasteiger partial charge < -0.3 is 19.9 Å². The number of piperidine rings is 1. The van der Waals surface area contributed by atoms with E-state index >= 15 is 0 Å². The van der Waals surface area contributed by atoms with E-state index in [9.17, 15) is 9.59 Å². The molecule has 6 nitrogen and oxygen atoms in total. The number of carbonyl (C=O) groups excluding carboxylic acids is 2. The number of hydrogen-bond acceptors (Lipinski definition) is 4. The van der Waals surface area contributed by atoms with Gasteiger partial charge in [-0.2, -0.15) is 0 Å². The molecule has 180 valence electrons. The molecule has 3 aromatic carbocycles. The zero-order valence-corrected chi connectivity index (χ0v) is 20.0. The molecule has 0 aromatic heterocycles. The first-order valence-corrected chi connectivity index (χ1v) is 12.3. The molecule has 2 aliphatic heterocycles. The topological polar surface area (TPSA) is 61.9 Å². The van der Waals surface area contributed by atoms with Crippen LogP contribution < -0.4 is 19.9 Å². The van der Waals surface area contributed by atoms with Crippen LogP contribution in [0.25, 0.3) is 0 Å². The standard InChI is InChI=1S/C29H31N3O3/c1-35-23-15-13-22(14-16-23)32-27(33)18-17-24(28(32)21-9-3-2-4-10-21)29(34)30-25-11-5-6-12-26(25)31-19-7-8-20-31/h2-6,9-16,24,28H,7-8,17-20H2,1H3,(H,30,34)/t24-,28-/m0/s1. The Hall–Kier alpha value is -3.80. The molecule has 2 saturated heterocycles. The second-order valence-corrected chi connectivity index (χ2v) is 9.16. The van der Waals surface area contributed by atoms with E-state index in [0.29, 0.717) is 12.8 Å². The van der Waals surface area contributed by atoms with Gasteiger partial charge in [0.05, 0.1) is 30.4 Å². The average molecular weight is 470 g/mol. The van der Waals surface area contributed by atoms with E-state index in [1.54, 1.807) is 12.0 Å². The van der Waals surface area contributed by atoms with E-state index in [0.717, 1.165) is 41.5 Å². The summed E-state index contributed by atoms with van der Waals surface area (Å²) in [5.41, 5.74) is 3.61. The minimum Gasteiger partial charge on any atom is -0.497 e. The first kappa shape index (κ1) is 23.0. The molecule has 2 amide bonds. The fraction of sp³-hybridized carbons (Fsp3) is 0.310. The van der Waals surface area contributed by atoms with E-state index in [1.807, 2.05) is 72.8 Å². The van der Waals surface area contributed by atoms with Crippen molar-refractivity contribution >= 4 is 28.9 Å². The van der Waals surface area contributed by atoms with Crippen molar-refractivity contribution in [1.29, 1.82) is 0 Å². The number of hydrogen-bond donors (Lipinski definition) is 1. The number of carbonyl (C=O) groups is 2. The van der Waals surface area contributed by atoms with Crippen LogP contribution in [0, 0.1) is 5.92 Å². The van der Waals surface area contributed by atoms with Crippen molar-refractivity contribution in [2.45, 2.75) is 31.7 Å². The predicted octanol–water partition coefficient (Wildman–Crippen LogP) is 5.42. The van der Waals surface area contributed by atoms with Gasteiger partial charge >= 0.3 is 0 Å². The molecule has 0 aliphatic carbocycles. The Morgan fingerprint density at radius 1 is 0.914 bits per heavy atom. The Kier molecular flexibility index (Phi) is 6.70. The second kappa shape index (κ2) is 10.2. The second-order valence-electron chi connectivity index (χ2n) is 9.16. The van der Waals surface area contributed by atoms with Crippen molar-refractivity contribution < 1.29 is 14.3 Å². The maximum Gasteiger partial charge on any atom is 0.230 e.